The lowest BCUT2D eigenvalue weighted by Crippen LogP contribution is -2.48. The van der Waals surface area contributed by atoms with E-state index in [-0.39, 0.29) is 11.7 Å². The Morgan fingerprint density at radius 1 is 1.07 bits per heavy atom. The number of rotatable bonds is 2. The number of fused-ring (bicyclic) bond motifs is 5. The van der Waals surface area contributed by atoms with Crippen molar-refractivity contribution in [3.05, 3.63) is 30.2 Å². The number of carbonyl (C=O) groups is 1. The maximum atomic E-state index is 13.5. The van der Waals surface area contributed by atoms with Crippen LogP contribution in [0.5, 0.6) is 0 Å². The largest absolute Gasteiger partial charge is 0.341 e. The van der Waals surface area contributed by atoms with E-state index in [2.05, 4.69) is 19.8 Å². The maximum absolute atomic E-state index is 13.5. The molecule has 0 unspecified atom stereocenters. The Hall–Kier alpha value is -2.28. The van der Waals surface area contributed by atoms with Gasteiger partial charge < -0.3 is 9.80 Å². The molecule has 2 atom stereocenters. The highest BCUT2D eigenvalue weighted by Gasteiger charge is 2.41. The van der Waals surface area contributed by atoms with Crippen LogP contribution >= 0.6 is 0 Å². The predicted molar refractivity (Wildman–Crippen MR) is 106 cm³/mol. The molecule has 5 heterocycles. The Balaban J connectivity index is 1.27. The molecule has 148 valence electrons. The number of piperidine rings is 2. The molecule has 6 rings (SSSR count). The van der Waals surface area contributed by atoms with Gasteiger partial charge in [0.25, 0.3) is 0 Å². The molecule has 28 heavy (non-hydrogen) atoms. The van der Waals surface area contributed by atoms with Gasteiger partial charge in [0.2, 0.25) is 11.9 Å². The number of carbonyl (C=O) groups excluding carboxylic acids is 1. The zero-order chi connectivity index (χ0) is 19.3. The molecule has 0 N–H and O–H groups in total. The van der Waals surface area contributed by atoms with E-state index >= 15 is 0 Å². The van der Waals surface area contributed by atoms with Crippen LogP contribution in [0.25, 0.3) is 10.9 Å². The smallest absolute Gasteiger partial charge is 0.227 e. The van der Waals surface area contributed by atoms with E-state index in [4.69, 9.17) is 0 Å². The van der Waals surface area contributed by atoms with Crippen LogP contribution in [0.1, 0.15) is 25.7 Å². The second-order valence-electron chi connectivity index (χ2n) is 8.42. The van der Waals surface area contributed by atoms with Crippen molar-refractivity contribution >= 4 is 22.8 Å². The maximum Gasteiger partial charge on any atom is 0.227 e. The van der Waals surface area contributed by atoms with Crippen molar-refractivity contribution in [3.8, 4) is 0 Å². The number of nitrogens with zero attached hydrogens (tertiary/aromatic N) is 5. The van der Waals surface area contributed by atoms with Crippen LogP contribution in [0.3, 0.4) is 0 Å². The average molecular weight is 383 g/mol. The highest BCUT2D eigenvalue weighted by molar-refractivity contribution is 5.80. The fourth-order valence-corrected chi connectivity index (χ4v) is 5.06. The number of hydrogen-bond donors (Lipinski definition) is 0. The molecule has 1 aromatic heterocycles. The highest BCUT2D eigenvalue weighted by Crippen LogP contribution is 2.31. The summed E-state index contributed by atoms with van der Waals surface area (Å²) in [4.78, 5) is 28.3. The van der Waals surface area contributed by atoms with E-state index in [0.717, 1.165) is 57.2 Å². The number of hydrogen-bond acceptors (Lipinski definition) is 5. The molecule has 2 aromatic rings. The van der Waals surface area contributed by atoms with Gasteiger partial charge in [0.05, 0.1) is 11.4 Å². The van der Waals surface area contributed by atoms with Crippen molar-refractivity contribution < 1.29 is 9.18 Å². The van der Waals surface area contributed by atoms with Crippen LogP contribution in [0, 0.1) is 11.7 Å². The summed E-state index contributed by atoms with van der Waals surface area (Å²) in [6.45, 7) is 3.67. The van der Waals surface area contributed by atoms with E-state index in [1.807, 2.05) is 11.9 Å². The van der Waals surface area contributed by atoms with Gasteiger partial charge in [-0.25, -0.2) is 14.4 Å². The summed E-state index contributed by atoms with van der Waals surface area (Å²) >= 11 is 0. The first-order chi connectivity index (χ1) is 13.6. The number of halogens is 1. The first-order valence-electron chi connectivity index (χ1n) is 10.3. The second-order valence-corrected chi connectivity index (χ2v) is 8.42. The van der Waals surface area contributed by atoms with Crippen LogP contribution in [0.2, 0.25) is 0 Å². The van der Waals surface area contributed by atoms with Gasteiger partial charge in [-0.15, -0.1) is 0 Å². The number of anilines is 1. The molecule has 6 nitrogen and oxygen atoms in total. The Kier molecular flexibility index (Phi) is 4.42. The first kappa shape index (κ1) is 17.8. The Morgan fingerprint density at radius 3 is 2.71 bits per heavy atom. The van der Waals surface area contributed by atoms with Crippen LogP contribution in [-0.4, -0.2) is 71.0 Å². The highest BCUT2D eigenvalue weighted by atomic mass is 19.1. The third-order valence-electron chi connectivity index (χ3n) is 6.79. The Labute approximate surface area is 164 Å². The summed E-state index contributed by atoms with van der Waals surface area (Å²) in [5.74, 6) is 0.905. The van der Waals surface area contributed by atoms with Crippen molar-refractivity contribution in [3.63, 3.8) is 0 Å². The Bertz CT molecular complexity index is 897. The normalized spacial score (nSPS) is 26.9. The Morgan fingerprint density at radius 2 is 1.89 bits per heavy atom. The average Bonchev–Trinajstić information content (AvgIpc) is 3.00. The monoisotopic (exact) mass is 383 g/mol. The summed E-state index contributed by atoms with van der Waals surface area (Å²) in [7, 11) is 1.96. The SMILES string of the molecule is CN1C(=O)[C@@H]2CC[C@H]1CN(C1CCN(c3ncc4ccc(F)cc4n3)CC1)C2. The number of likely N-dealkylation sites (N-methyl/N-ethyl adjacent to an activating group) is 1. The molecule has 7 heteroatoms. The number of amides is 1. The van der Waals surface area contributed by atoms with Gasteiger partial charge in [-0.2, -0.15) is 0 Å². The third-order valence-corrected chi connectivity index (χ3v) is 6.79. The molecule has 1 amide bonds. The lowest BCUT2D eigenvalue weighted by molar-refractivity contribution is -0.138. The summed E-state index contributed by atoms with van der Waals surface area (Å²) in [5.41, 5.74) is 0.651. The van der Waals surface area contributed by atoms with Crippen LogP contribution < -0.4 is 4.90 Å². The first-order valence-corrected chi connectivity index (χ1v) is 10.3. The fraction of sp³-hybridized carbons (Fsp3) is 0.571. The van der Waals surface area contributed by atoms with E-state index in [1.54, 1.807) is 12.3 Å². The van der Waals surface area contributed by atoms with Gasteiger partial charge in [0.15, 0.2) is 0 Å². The zero-order valence-corrected chi connectivity index (χ0v) is 16.2. The van der Waals surface area contributed by atoms with Gasteiger partial charge in [-0.3, -0.25) is 9.69 Å². The fourth-order valence-electron chi connectivity index (χ4n) is 5.06. The van der Waals surface area contributed by atoms with E-state index in [9.17, 15) is 9.18 Å². The minimum absolute atomic E-state index is 0.167. The molecule has 4 aliphatic rings. The van der Waals surface area contributed by atoms with Gasteiger partial charge >= 0.3 is 0 Å². The molecule has 0 saturated carbocycles. The van der Waals surface area contributed by atoms with Gasteiger partial charge in [-0.05, 0) is 37.8 Å². The van der Waals surface area contributed by atoms with Crippen molar-refractivity contribution in [2.75, 3.05) is 38.1 Å². The number of aromatic nitrogens is 2. The lowest BCUT2D eigenvalue weighted by Gasteiger charge is -2.39. The standard InChI is InChI=1S/C21H26FN5O/c1-25-18-5-3-15(20(25)28)12-27(13-18)17-6-8-26(9-7-17)21-23-11-14-2-4-16(22)10-19(14)24-21/h2,4,10-11,15,17-18H,3,5-9,12-13H2,1H3/t15-,18+/m1/s1. The molecule has 0 spiro atoms. The quantitative estimate of drug-likeness (QED) is 0.797. The van der Waals surface area contributed by atoms with E-state index in [1.165, 1.54) is 12.1 Å². The van der Waals surface area contributed by atoms with Gasteiger partial charge in [0, 0.05) is 63.0 Å². The molecule has 2 bridgehead atoms. The van der Waals surface area contributed by atoms with Crippen molar-refractivity contribution in [2.24, 2.45) is 5.92 Å². The van der Waals surface area contributed by atoms with Crippen LogP contribution in [0.4, 0.5) is 10.3 Å². The summed E-state index contributed by atoms with van der Waals surface area (Å²) in [6.07, 6.45) is 6.02. The molecule has 1 aromatic carbocycles. The van der Waals surface area contributed by atoms with Crippen LogP contribution in [-0.2, 0) is 4.79 Å². The van der Waals surface area contributed by atoms with Gasteiger partial charge in [0.1, 0.15) is 5.82 Å². The summed E-state index contributed by atoms with van der Waals surface area (Å²) < 4.78 is 13.5. The molecule has 4 saturated heterocycles. The molecule has 4 fully saturated rings. The lowest BCUT2D eigenvalue weighted by atomic mass is 9.95. The minimum atomic E-state index is -0.272. The molecular formula is C21H26FN5O. The summed E-state index contributed by atoms with van der Waals surface area (Å²) in [6, 6.07) is 5.49. The van der Waals surface area contributed by atoms with E-state index in [0.29, 0.717) is 29.5 Å². The van der Waals surface area contributed by atoms with Crippen molar-refractivity contribution in [1.82, 2.24) is 19.8 Å². The molecule has 0 radical (unpaired) electrons. The predicted octanol–water partition coefficient (Wildman–Crippen LogP) is 2.29. The topological polar surface area (TPSA) is 52.6 Å². The zero-order valence-electron chi connectivity index (χ0n) is 16.2. The van der Waals surface area contributed by atoms with E-state index < -0.39 is 0 Å². The molecule has 4 aliphatic heterocycles. The molecular weight excluding hydrogens is 357 g/mol. The number of benzene rings is 1. The summed E-state index contributed by atoms with van der Waals surface area (Å²) in [5, 5.41) is 0.855. The second kappa shape index (κ2) is 6.95. The minimum Gasteiger partial charge on any atom is -0.341 e. The third kappa shape index (κ3) is 3.11. The molecule has 0 aliphatic carbocycles. The van der Waals surface area contributed by atoms with Crippen molar-refractivity contribution in [1.29, 1.82) is 0 Å². The van der Waals surface area contributed by atoms with Crippen LogP contribution in [0.15, 0.2) is 24.4 Å². The van der Waals surface area contributed by atoms with Crippen molar-refractivity contribution in [2.45, 2.75) is 37.8 Å². The van der Waals surface area contributed by atoms with Gasteiger partial charge in [-0.1, -0.05) is 0 Å².